The van der Waals surface area contributed by atoms with Crippen LogP contribution in [0.5, 0.6) is 0 Å². The molecule has 0 spiro atoms. The second-order valence-electron chi connectivity index (χ2n) is 9.99. The van der Waals surface area contributed by atoms with Gasteiger partial charge in [0.1, 0.15) is 5.82 Å². The van der Waals surface area contributed by atoms with Crippen LogP contribution < -0.4 is 10.9 Å². The maximum Gasteiger partial charge on any atom is 0.337 e. The number of amides is 1. The lowest BCUT2D eigenvalue weighted by Gasteiger charge is -2.20. The first kappa shape index (κ1) is 25.2. The molecular formula is C30H30N4O4. The Morgan fingerprint density at radius 1 is 1.11 bits per heavy atom. The first-order valence-corrected chi connectivity index (χ1v) is 12.6. The van der Waals surface area contributed by atoms with Crippen molar-refractivity contribution < 1.29 is 14.7 Å². The normalized spacial score (nSPS) is 13.8. The summed E-state index contributed by atoms with van der Waals surface area (Å²) in [6.07, 6.45) is 2.08. The Bertz CT molecular complexity index is 1620. The number of aryl methyl sites for hydroxylation is 1. The molecule has 194 valence electrons. The fourth-order valence-electron chi connectivity index (χ4n) is 4.84. The van der Waals surface area contributed by atoms with Crippen molar-refractivity contribution in [2.45, 2.75) is 38.8 Å². The number of nitrogens with one attached hydrogen (secondary N) is 1. The molecule has 0 bridgehead atoms. The van der Waals surface area contributed by atoms with E-state index in [1.165, 1.54) is 4.57 Å². The minimum atomic E-state index is -1.02. The summed E-state index contributed by atoms with van der Waals surface area (Å²) >= 11 is 0. The van der Waals surface area contributed by atoms with Gasteiger partial charge in [0.25, 0.3) is 11.5 Å². The highest BCUT2D eigenvalue weighted by atomic mass is 16.4. The van der Waals surface area contributed by atoms with Crippen LogP contribution in [0.25, 0.3) is 22.3 Å². The molecule has 2 N–H and O–H groups in total. The summed E-state index contributed by atoms with van der Waals surface area (Å²) in [6, 6.07) is 17.7. The number of carbonyl (C=O) groups excluding carboxylic acids is 1. The lowest BCUT2D eigenvalue weighted by Crippen LogP contribution is -2.28. The van der Waals surface area contributed by atoms with Crippen molar-refractivity contribution in [1.82, 2.24) is 14.5 Å². The molecule has 1 saturated carbocycles. The standard InChI is InChI=1S/C30H30N4O4/c1-17-15-23(18(2)31-25-8-6-5-7-22(25)30(37)38)26-24(16-17)29(36)34(4)27(32-26)19-9-11-20(12-10-19)28(35)33(3)21-13-14-21/h5-12,15-16,18,21,31H,13-14H2,1-4H3,(H,37,38)/t18-/m1/s1. The molecular weight excluding hydrogens is 480 g/mol. The number of carboxylic acid groups (broad SMARTS) is 1. The molecule has 3 aromatic carbocycles. The molecule has 1 aliphatic carbocycles. The van der Waals surface area contributed by atoms with E-state index in [-0.39, 0.29) is 23.1 Å². The van der Waals surface area contributed by atoms with Crippen LogP contribution in [-0.4, -0.2) is 44.5 Å². The molecule has 0 unspecified atom stereocenters. The van der Waals surface area contributed by atoms with E-state index in [2.05, 4.69) is 5.32 Å². The number of carboxylic acids is 1. The van der Waals surface area contributed by atoms with Gasteiger partial charge in [-0.3, -0.25) is 14.2 Å². The Balaban J connectivity index is 1.56. The van der Waals surface area contributed by atoms with Gasteiger partial charge in [-0.15, -0.1) is 0 Å². The van der Waals surface area contributed by atoms with Gasteiger partial charge in [0.15, 0.2) is 0 Å². The van der Waals surface area contributed by atoms with E-state index in [1.807, 2.05) is 45.2 Å². The smallest absolute Gasteiger partial charge is 0.337 e. The average Bonchev–Trinajstić information content (AvgIpc) is 3.76. The van der Waals surface area contributed by atoms with E-state index in [4.69, 9.17) is 4.98 Å². The predicted molar refractivity (Wildman–Crippen MR) is 148 cm³/mol. The highest BCUT2D eigenvalue weighted by Gasteiger charge is 2.30. The lowest BCUT2D eigenvalue weighted by atomic mass is 10.00. The molecule has 0 saturated heterocycles. The monoisotopic (exact) mass is 510 g/mol. The average molecular weight is 511 g/mol. The van der Waals surface area contributed by atoms with Crippen LogP contribution in [-0.2, 0) is 7.05 Å². The summed E-state index contributed by atoms with van der Waals surface area (Å²) in [5.74, 6) is -0.548. The second kappa shape index (κ2) is 9.78. The van der Waals surface area contributed by atoms with Crippen LogP contribution in [0.3, 0.4) is 0 Å². The van der Waals surface area contributed by atoms with Gasteiger partial charge in [0, 0.05) is 42.5 Å². The first-order valence-electron chi connectivity index (χ1n) is 12.6. The van der Waals surface area contributed by atoms with E-state index in [9.17, 15) is 19.5 Å². The number of anilines is 1. The van der Waals surface area contributed by atoms with Gasteiger partial charge in [0.2, 0.25) is 0 Å². The number of fused-ring (bicyclic) bond motifs is 1. The molecule has 1 fully saturated rings. The maximum absolute atomic E-state index is 13.5. The SMILES string of the molecule is Cc1cc([C@@H](C)Nc2ccccc2C(=O)O)c2nc(-c3ccc(C(=O)N(C)C4CC4)cc3)n(C)c(=O)c2c1. The van der Waals surface area contributed by atoms with Crippen LogP contribution in [0.1, 0.15) is 57.7 Å². The molecule has 0 aliphatic heterocycles. The Hall–Kier alpha value is -4.46. The number of aromatic carboxylic acids is 1. The number of rotatable bonds is 7. The quantitative estimate of drug-likeness (QED) is 0.362. The molecule has 5 rings (SSSR count). The molecule has 1 amide bonds. The highest BCUT2D eigenvalue weighted by Crippen LogP contribution is 2.30. The topological polar surface area (TPSA) is 105 Å². The largest absolute Gasteiger partial charge is 0.478 e. The summed E-state index contributed by atoms with van der Waals surface area (Å²) in [5.41, 5.74) is 4.04. The summed E-state index contributed by atoms with van der Waals surface area (Å²) in [7, 11) is 3.52. The molecule has 1 aromatic heterocycles. The zero-order valence-corrected chi connectivity index (χ0v) is 21.9. The van der Waals surface area contributed by atoms with Crippen molar-refractivity contribution >= 4 is 28.5 Å². The number of benzene rings is 3. The Kier molecular flexibility index (Phi) is 6.48. The second-order valence-corrected chi connectivity index (χ2v) is 9.99. The zero-order chi connectivity index (χ0) is 27.1. The predicted octanol–water partition coefficient (Wildman–Crippen LogP) is 5.01. The molecule has 1 heterocycles. The molecule has 4 aromatic rings. The van der Waals surface area contributed by atoms with E-state index in [0.717, 1.165) is 29.5 Å². The number of hydrogen-bond donors (Lipinski definition) is 2. The van der Waals surface area contributed by atoms with E-state index >= 15 is 0 Å². The van der Waals surface area contributed by atoms with Crippen molar-refractivity contribution in [3.05, 3.63) is 93.3 Å². The van der Waals surface area contributed by atoms with Gasteiger partial charge >= 0.3 is 5.97 Å². The van der Waals surface area contributed by atoms with Gasteiger partial charge in [-0.05, 0) is 62.6 Å². The number of hydrogen-bond acceptors (Lipinski definition) is 5. The Morgan fingerprint density at radius 2 is 1.79 bits per heavy atom. The van der Waals surface area contributed by atoms with E-state index in [1.54, 1.807) is 48.3 Å². The summed E-state index contributed by atoms with van der Waals surface area (Å²) in [5, 5.41) is 13.4. The zero-order valence-electron chi connectivity index (χ0n) is 21.9. The minimum Gasteiger partial charge on any atom is -0.478 e. The number of nitrogens with zero attached hydrogens (tertiary/aromatic N) is 3. The van der Waals surface area contributed by atoms with Gasteiger partial charge in [-0.1, -0.05) is 30.3 Å². The van der Waals surface area contributed by atoms with Crippen molar-refractivity contribution in [2.24, 2.45) is 7.05 Å². The third kappa shape index (κ3) is 4.65. The van der Waals surface area contributed by atoms with Gasteiger partial charge in [0.05, 0.1) is 22.5 Å². The third-order valence-electron chi connectivity index (χ3n) is 7.16. The molecule has 1 aliphatic rings. The summed E-state index contributed by atoms with van der Waals surface area (Å²) in [6.45, 7) is 3.84. The highest BCUT2D eigenvalue weighted by molar-refractivity contribution is 5.95. The van der Waals surface area contributed by atoms with Gasteiger partial charge < -0.3 is 15.3 Å². The Labute approximate surface area is 220 Å². The van der Waals surface area contributed by atoms with Crippen LogP contribution >= 0.6 is 0 Å². The first-order chi connectivity index (χ1) is 18.2. The van der Waals surface area contributed by atoms with E-state index < -0.39 is 5.97 Å². The fraction of sp³-hybridized carbons (Fsp3) is 0.267. The number of para-hydroxylation sites is 1. The summed E-state index contributed by atoms with van der Waals surface area (Å²) in [4.78, 5) is 44.6. The molecule has 0 radical (unpaired) electrons. The maximum atomic E-state index is 13.5. The summed E-state index contributed by atoms with van der Waals surface area (Å²) < 4.78 is 1.52. The number of aromatic nitrogens is 2. The minimum absolute atomic E-state index is 0.0151. The van der Waals surface area contributed by atoms with Crippen molar-refractivity contribution in [3.8, 4) is 11.4 Å². The van der Waals surface area contributed by atoms with Crippen LogP contribution in [0.4, 0.5) is 5.69 Å². The molecule has 8 nitrogen and oxygen atoms in total. The van der Waals surface area contributed by atoms with Crippen LogP contribution in [0.2, 0.25) is 0 Å². The van der Waals surface area contributed by atoms with Crippen LogP contribution in [0, 0.1) is 6.92 Å². The lowest BCUT2D eigenvalue weighted by molar-refractivity contribution is 0.0697. The fourth-order valence-corrected chi connectivity index (χ4v) is 4.84. The van der Waals surface area contributed by atoms with E-state index in [0.29, 0.717) is 34.0 Å². The van der Waals surface area contributed by atoms with Crippen molar-refractivity contribution in [2.75, 3.05) is 12.4 Å². The Morgan fingerprint density at radius 3 is 2.45 bits per heavy atom. The number of carbonyl (C=O) groups is 2. The molecule has 1 atom stereocenters. The molecule has 8 heteroatoms. The third-order valence-corrected chi connectivity index (χ3v) is 7.16. The van der Waals surface area contributed by atoms with Crippen LogP contribution in [0.15, 0.2) is 65.5 Å². The van der Waals surface area contributed by atoms with Gasteiger partial charge in [-0.2, -0.15) is 0 Å². The van der Waals surface area contributed by atoms with Crippen molar-refractivity contribution in [3.63, 3.8) is 0 Å². The van der Waals surface area contributed by atoms with Crippen molar-refractivity contribution in [1.29, 1.82) is 0 Å². The van der Waals surface area contributed by atoms with Gasteiger partial charge in [-0.25, -0.2) is 9.78 Å². The molecule has 38 heavy (non-hydrogen) atoms.